The lowest BCUT2D eigenvalue weighted by Crippen LogP contribution is -2.37. The second-order valence-electron chi connectivity index (χ2n) is 7.34. The predicted molar refractivity (Wildman–Crippen MR) is 124 cm³/mol. The van der Waals surface area contributed by atoms with E-state index < -0.39 is 0 Å². The number of carbonyl (C=O) groups excluding carboxylic acids is 2. The fraction of sp³-hybridized carbons (Fsp3) is 0.269. The molecule has 2 aromatic carbocycles. The number of benzene rings is 2. The van der Waals surface area contributed by atoms with E-state index in [-0.39, 0.29) is 24.7 Å². The second-order valence-corrected chi connectivity index (χ2v) is 7.34. The normalized spacial score (nSPS) is 10.4. The van der Waals surface area contributed by atoms with Crippen molar-refractivity contribution in [1.29, 1.82) is 0 Å². The minimum Gasteiger partial charge on any atom is -0.494 e. The lowest BCUT2D eigenvalue weighted by atomic mass is 10.2. The van der Waals surface area contributed by atoms with E-state index in [4.69, 9.17) is 9.47 Å². The predicted octanol–water partition coefficient (Wildman–Crippen LogP) is 4.97. The molecule has 0 spiro atoms. The first kappa shape index (κ1) is 23.0. The maximum absolute atomic E-state index is 12.9. The van der Waals surface area contributed by atoms with Gasteiger partial charge in [0.15, 0.2) is 0 Å². The first-order valence-electron chi connectivity index (χ1n) is 10.8. The van der Waals surface area contributed by atoms with Gasteiger partial charge in [0, 0.05) is 19.0 Å². The number of aryl methyl sites for hydroxylation is 1. The van der Waals surface area contributed by atoms with Crippen molar-refractivity contribution in [3.05, 3.63) is 84.6 Å². The van der Waals surface area contributed by atoms with Gasteiger partial charge in [0.1, 0.15) is 17.3 Å². The Bertz CT molecular complexity index is 933. The molecule has 0 saturated heterocycles. The van der Waals surface area contributed by atoms with E-state index in [1.165, 1.54) is 4.90 Å². The number of anilines is 1. The topological polar surface area (TPSA) is 68.7 Å². The van der Waals surface area contributed by atoms with Gasteiger partial charge >= 0.3 is 0 Å². The number of ether oxygens (including phenoxy) is 2. The fourth-order valence-electron chi connectivity index (χ4n) is 3.12. The summed E-state index contributed by atoms with van der Waals surface area (Å²) in [5, 5.41) is 0. The van der Waals surface area contributed by atoms with Gasteiger partial charge in [-0.05, 0) is 61.7 Å². The van der Waals surface area contributed by atoms with E-state index in [2.05, 4.69) is 4.98 Å². The maximum atomic E-state index is 12.9. The zero-order valence-electron chi connectivity index (χ0n) is 18.3. The molecule has 0 bridgehead atoms. The van der Waals surface area contributed by atoms with E-state index in [1.54, 1.807) is 12.3 Å². The van der Waals surface area contributed by atoms with Crippen LogP contribution in [0.15, 0.2) is 79.0 Å². The van der Waals surface area contributed by atoms with Gasteiger partial charge in [0.2, 0.25) is 11.8 Å². The Morgan fingerprint density at radius 1 is 0.781 bits per heavy atom. The quantitative estimate of drug-likeness (QED) is 0.400. The molecule has 0 radical (unpaired) electrons. The average Bonchev–Trinajstić information content (AvgIpc) is 2.81. The molecule has 1 heterocycles. The lowest BCUT2D eigenvalue weighted by molar-refractivity contribution is -0.126. The van der Waals surface area contributed by atoms with Crippen molar-refractivity contribution in [2.45, 2.75) is 32.6 Å². The Kier molecular flexibility index (Phi) is 8.80. The second kappa shape index (κ2) is 12.2. The summed E-state index contributed by atoms with van der Waals surface area (Å²) in [6.07, 6.45) is 2.99. The van der Waals surface area contributed by atoms with Gasteiger partial charge in [-0.15, -0.1) is 0 Å². The van der Waals surface area contributed by atoms with Gasteiger partial charge in [0.05, 0.1) is 13.2 Å². The number of carbonyl (C=O) groups is 2. The van der Waals surface area contributed by atoms with E-state index in [0.29, 0.717) is 31.9 Å². The van der Waals surface area contributed by atoms with Crippen molar-refractivity contribution in [1.82, 2.24) is 4.98 Å². The van der Waals surface area contributed by atoms with Gasteiger partial charge in [0.25, 0.3) is 0 Å². The van der Waals surface area contributed by atoms with Crippen LogP contribution in [0, 0.1) is 6.92 Å². The number of pyridine rings is 1. The molecule has 0 aliphatic carbocycles. The molecule has 6 nitrogen and oxygen atoms in total. The van der Waals surface area contributed by atoms with Crippen LogP contribution in [0.5, 0.6) is 11.5 Å². The van der Waals surface area contributed by atoms with Crippen LogP contribution in [0.4, 0.5) is 5.82 Å². The summed E-state index contributed by atoms with van der Waals surface area (Å²) in [5.41, 5.74) is 0.931. The Hall–Kier alpha value is -3.67. The van der Waals surface area contributed by atoms with Crippen LogP contribution < -0.4 is 14.4 Å². The van der Waals surface area contributed by atoms with Crippen LogP contribution in [0.25, 0.3) is 0 Å². The first-order chi connectivity index (χ1) is 15.6. The summed E-state index contributed by atoms with van der Waals surface area (Å²) in [5.74, 6) is 1.30. The number of hydrogen-bond donors (Lipinski definition) is 0. The van der Waals surface area contributed by atoms with Crippen molar-refractivity contribution >= 4 is 17.6 Å². The monoisotopic (exact) mass is 432 g/mol. The molecule has 2 amide bonds. The van der Waals surface area contributed by atoms with Crippen LogP contribution in [0.1, 0.15) is 31.2 Å². The summed E-state index contributed by atoms with van der Waals surface area (Å²) in [4.78, 5) is 31.3. The van der Waals surface area contributed by atoms with Gasteiger partial charge in [-0.2, -0.15) is 0 Å². The zero-order chi connectivity index (χ0) is 22.6. The van der Waals surface area contributed by atoms with Crippen molar-refractivity contribution in [3.63, 3.8) is 0 Å². The van der Waals surface area contributed by atoms with E-state index >= 15 is 0 Å². The molecule has 0 fully saturated rings. The van der Waals surface area contributed by atoms with Gasteiger partial charge in [-0.1, -0.05) is 36.4 Å². The Balaban J connectivity index is 1.54. The van der Waals surface area contributed by atoms with Crippen LogP contribution >= 0.6 is 0 Å². The molecule has 3 aromatic rings. The van der Waals surface area contributed by atoms with Crippen LogP contribution in [0.2, 0.25) is 0 Å². The van der Waals surface area contributed by atoms with Crippen LogP contribution in [-0.4, -0.2) is 30.0 Å². The molecule has 0 atom stereocenters. The maximum Gasteiger partial charge on any atom is 0.235 e. The first-order valence-corrected chi connectivity index (χ1v) is 10.8. The van der Waals surface area contributed by atoms with Gasteiger partial charge in [-0.25, -0.2) is 9.88 Å². The summed E-state index contributed by atoms with van der Waals surface area (Å²) >= 11 is 0. The highest BCUT2D eigenvalue weighted by molar-refractivity contribution is 6.14. The fourth-order valence-corrected chi connectivity index (χ4v) is 3.12. The highest BCUT2D eigenvalue weighted by Crippen LogP contribution is 2.17. The molecular weight excluding hydrogens is 404 g/mol. The molecule has 0 unspecified atom stereocenters. The Morgan fingerprint density at radius 2 is 1.28 bits per heavy atom. The highest BCUT2D eigenvalue weighted by Gasteiger charge is 2.24. The molecular formula is C26H28N2O4. The molecule has 6 heteroatoms. The van der Waals surface area contributed by atoms with Crippen molar-refractivity contribution in [2.75, 3.05) is 18.1 Å². The third-order valence-corrected chi connectivity index (χ3v) is 4.72. The summed E-state index contributed by atoms with van der Waals surface area (Å²) < 4.78 is 11.3. The van der Waals surface area contributed by atoms with E-state index in [0.717, 1.165) is 17.1 Å². The van der Waals surface area contributed by atoms with Crippen molar-refractivity contribution < 1.29 is 19.1 Å². The lowest BCUT2D eigenvalue weighted by Gasteiger charge is -2.20. The largest absolute Gasteiger partial charge is 0.494 e. The summed E-state index contributed by atoms with van der Waals surface area (Å²) in [6, 6.07) is 22.5. The summed E-state index contributed by atoms with van der Waals surface area (Å²) in [7, 11) is 0. The average molecular weight is 433 g/mol. The van der Waals surface area contributed by atoms with Crippen molar-refractivity contribution in [2.24, 2.45) is 0 Å². The molecule has 0 saturated carbocycles. The van der Waals surface area contributed by atoms with Crippen LogP contribution in [0.3, 0.4) is 0 Å². The third kappa shape index (κ3) is 7.23. The molecule has 32 heavy (non-hydrogen) atoms. The SMILES string of the molecule is Cc1ccnc(N(C(=O)CCCOc2ccccc2)C(=O)CCCOc2ccccc2)c1. The minimum absolute atomic E-state index is 0.189. The molecule has 1 aromatic heterocycles. The molecule has 3 rings (SSSR count). The third-order valence-electron chi connectivity index (χ3n) is 4.72. The smallest absolute Gasteiger partial charge is 0.235 e. The molecule has 0 N–H and O–H groups in total. The van der Waals surface area contributed by atoms with Gasteiger partial charge in [-0.3, -0.25) is 9.59 Å². The number of amides is 2. The summed E-state index contributed by atoms with van der Waals surface area (Å²) in [6.45, 7) is 2.69. The molecule has 0 aliphatic rings. The zero-order valence-corrected chi connectivity index (χ0v) is 18.3. The standard InChI is InChI=1S/C26H28N2O4/c1-21-16-17-27-24(20-21)28(25(29)14-8-18-31-22-10-4-2-5-11-22)26(30)15-9-19-32-23-12-6-3-7-13-23/h2-7,10-13,16-17,20H,8-9,14-15,18-19H2,1H3. The van der Waals surface area contributed by atoms with E-state index in [1.807, 2.05) is 73.7 Å². The van der Waals surface area contributed by atoms with Gasteiger partial charge < -0.3 is 9.47 Å². The van der Waals surface area contributed by atoms with Crippen molar-refractivity contribution in [3.8, 4) is 11.5 Å². The number of para-hydroxylation sites is 2. The van der Waals surface area contributed by atoms with Crippen LogP contribution in [-0.2, 0) is 9.59 Å². The minimum atomic E-state index is -0.284. The number of hydrogen-bond acceptors (Lipinski definition) is 5. The number of nitrogens with zero attached hydrogens (tertiary/aromatic N) is 2. The highest BCUT2D eigenvalue weighted by atomic mass is 16.5. The Labute approximate surface area is 188 Å². The molecule has 0 aliphatic heterocycles. The van der Waals surface area contributed by atoms with E-state index in [9.17, 15) is 9.59 Å². The number of rotatable bonds is 11. The Morgan fingerprint density at radius 3 is 1.75 bits per heavy atom. The number of aromatic nitrogens is 1. The number of imide groups is 1. The molecule has 166 valence electrons.